The van der Waals surface area contributed by atoms with Crippen molar-refractivity contribution < 1.29 is 13.3 Å². The molecule has 4 aromatic heterocycles. The summed E-state index contributed by atoms with van der Waals surface area (Å²) in [6, 6.07) is 113. The van der Waals surface area contributed by atoms with E-state index in [9.17, 15) is 0 Å². The Hall–Kier alpha value is -11.7. The van der Waals surface area contributed by atoms with Gasteiger partial charge in [-0.1, -0.05) is 206 Å². The summed E-state index contributed by atoms with van der Waals surface area (Å²) in [6.07, 6.45) is 0. The number of rotatable bonds is 11. The minimum Gasteiger partial charge on any atom is -0.456 e. The molecule has 0 unspecified atom stereocenters. The van der Waals surface area contributed by atoms with E-state index < -0.39 is 0 Å². The van der Waals surface area contributed by atoms with E-state index in [2.05, 4.69) is 307 Å². The van der Waals surface area contributed by atoms with E-state index in [0.29, 0.717) is 0 Å². The monoisotopic (exact) mass is 1170 g/mol. The molecule has 0 aliphatic carbocycles. The van der Waals surface area contributed by atoms with E-state index in [1.165, 1.54) is 25.7 Å². The van der Waals surface area contributed by atoms with Crippen LogP contribution in [0, 0.1) is 0 Å². The average Bonchev–Trinajstić information content (AvgIpc) is 1.59. The minimum atomic E-state index is 0.831. The topological polar surface area (TPSA) is 45.9 Å². The molecule has 6 heteroatoms. The molecule has 0 atom stereocenters. The van der Waals surface area contributed by atoms with E-state index in [-0.39, 0.29) is 0 Å². The third-order valence-corrected chi connectivity index (χ3v) is 19.0. The summed E-state index contributed by atoms with van der Waals surface area (Å²) in [6.45, 7) is 0. The van der Waals surface area contributed by atoms with Gasteiger partial charge in [-0.25, -0.2) is 0 Å². The molecule has 0 radical (unpaired) electrons. The summed E-state index contributed by atoms with van der Waals surface area (Å²) < 4.78 is 22.7. The van der Waals surface area contributed by atoms with Gasteiger partial charge in [-0.05, 0) is 154 Å². The largest absolute Gasteiger partial charge is 0.456 e. The molecule has 0 N–H and O–H groups in total. The molecular weight excluding hydrogens is 1120 g/mol. The van der Waals surface area contributed by atoms with Crippen molar-refractivity contribution in [3.63, 3.8) is 0 Å². The Labute approximate surface area is 522 Å². The van der Waals surface area contributed by atoms with E-state index in [4.69, 9.17) is 13.3 Å². The van der Waals surface area contributed by atoms with E-state index in [1.807, 2.05) is 29.5 Å². The predicted octanol–water partition coefficient (Wildman–Crippen LogP) is 25.0. The first-order valence-electron chi connectivity index (χ1n) is 30.4. The number of para-hydroxylation sites is 5. The van der Waals surface area contributed by atoms with Crippen molar-refractivity contribution in [2.24, 2.45) is 0 Å². The van der Waals surface area contributed by atoms with E-state index in [1.54, 1.807) is 0 Å². The summed E-state index contributed by atoms with van der Waals surface area (Å²) in [4.78, 5) is 4.76. The van der Waals surface area contributed by atoms with Gasteiger partial charge in [0, 0.05) is 69.9 Å². The average molecular weight is 1170 g/mol. The Bertz CT molecular complexity index is 5800. The van der Waals surface area contributed by atoms with E-state index >= 15 is 0 Å². The number of thiophene rings is 1. The molecule has 0 saturated carbocycles. The Morgan fingerprint density at radius 2 is 0.689 bits per heavy atom. The number of furan rings is 3. The Kier molecular flexibility index (Phi) is 12.0. The first kappa shape index (κ1) is 51.5. The fourth-order valence-electron chi connectivity index (χ4n) is 13.7. The molecule has 0 spiro atoms. The standard InChI is InChI=1S/C84H52N2O3S/c1-3-18-53(19-4-1)59-48-60(50-63(49-59)85(73-29-16-33-77-82(73)70-24-8-12-31-75(70)87-77)62-44-40-55(41-45-62)58-43-47-67-66-23-10-14-35-80(66)90-81(67)52-58)56-38-36-54(37-39-56)57-42-46-65-69-27-15-26-68(84(69)89-79(65)51-57)64-22-7-11-28-72(64)86(61-20-5-2-6-21-61)74-30-17-34-78-83(74)71-25-9-13-32-76(71)88-78/h1-52H. The molecule has 14 aromatic carbocycles. The van der Waals surface area contributed by atoms with Crippen LogP contribution in [-0.4, -0.2) is 0 Å². The highest BCUT2D eigenvalue weighted by molar-refractivity contribution is 7.25. The summed E-state index contributed by atoms with van der Waals surface area (Å²) in [5, 5.41) is 9.01. The zero-order valence-corrected chi connectivity index (χ0v) is 49.4. The molecule has 90 heavy (non-hydrogen) atoms. The molecule has 422 valence electrons. The summed E-state index contributed by atoms with van der Waals surface area (Å²) in [5.41, 5.74) is 22.3. The van der Waals surface area contributed by atoms with Crippen molar-refractivity contribution in [2.45, 2.75) is 0 Å². The second kappa shape index (κ2) is 21.0. The molecule has 0 aliphatic rings. The number of fused-ring (bicyclic) bond motifs is 12. The predicted molar refractivity (Wildman–Crippen MR) is 378 cm³/mol. The number of anilines is 6. The van der Waals surface area contributed by atoms with Gasteiger partial charge in [0.1, 0.15) is 33.5 Å². The van der Waals surface area contributed by atoms with Crippen LogP contribution in [0.4, 0.5) is 34.1 Å². The second-order valence-corrected chi connectivity index (χ2v) is 24.2. The van der Waals surface area contributed by atoms with Crippen molar-refractivity contribution in [3.8, 4) is 55.6 Å². The van der Waals surface area contributed by atoms with Gasteiger partial charge in [-0.15, -0.1) is 11.3 Å². The van der Waals surface area contributed by atoms with E-state index in [0.717, 1.165) is 150 Å². The zero-order chi connectivity index (χ0) is 59.2. The lowest BCUT2D eigenvalue weighted by Gasteiger charge is -2.28. The highest BCUT2D eigenvalue weighted by Gasteiger charge is 2.25. The van der Waals surface area contributed by atoms with Gasteiger partial charge < -0.3 is 23.1 Å². The van der Waals surface area contributed by atoms with Gasteiger partial charge in [0.05, 0.1) is 27.8 Å². The van der Waals surface area contributed by atoms with Crippen molar-refractivity contribution in [3.05, 3.63) is 315 Å². The Morgan fingerprint density at radius 3 is 1.39 bits per heavy atom. The third kappa shape index (κ3) is 8.60. The first-order chi connectivity index (χ1) is 44.6. The summed E-state index contributed by atoms with van der Waals surface area (Å²) in [5.74, 6) is 0. The molecule has 4 heterocycles. The molecule has 0 aliphatic heterocycles. The molecule has 0 fully saturated rings. The second-order valence-electron chi connectivity index (χ2n) is 23.1. The molecule has 0 saturated heterocycles. The molecule has 5 nitrogen and oxygen atoms in total. The van der Waals surface area contributed by atoms with Crippen LogP contribution in [0.1, 0.15) is 0 Å². The van der Waals surface area contributed by atoms with Crippen molar-refractivity contribution >= 4 is 131 Å². The van der Waals surface area contributed by atoms with Gasteiger partial charge in [0.15, 0.2) is 0 Å². The Balaban J connectivity index is 0.728. The van der Waals surface area contributed by atoms with Crippen LogP contribution >= 0.6 is 11.3 Å². The van der Waals surface area contributed by atoms with Crippen LogP contribution in [0.2, 0.25) is 0 Å². The first-order valence-corrected chi connectivity index (χ1v) is 31.3. The number of hydrogen-bond acceptors (Lipinski definition) is 6. The highest BCUT2D eigenvalue weighted by Crippen LogP contribution is 2.50. The van der Waals surface area contributed by atoms with Crippen LogP contribution in [-0.2, 0) is 0 Å². The number of nitrogens with zero attached hydrogens (tertiary/aromatic N) is 2. The summed E-state index contributed by atoms with van der Waals surface area (Å²) in [7, 11) is 0. The van der Waals surface area contributed by atoms with Crippen molar-refractivity contribution in [1.29, 1.82) is 0 Å². The van der Waals surface area contributed by atoms with Gasteiger partial charge in [-0.3, -0.25) is 0 Å². The lowest BCUT2D eigenvalue weighted by Crippen LogP contribution is -2.11. The van der Waals surface area contributed by atoms with Crippen LogP contribution in [0.5, 0.6) is 0 Å². The van der Waals surface area contributed by atoms with Crippen molar-refractivity contribution in [2.75, 3.05) is 9.80 Å². The quantitative estimate of drug-likeness (QED) is 0.129. The van der Waals surface area contributed by atoms with Gasteiger partial charge >= 0.3 is 0 Å². The molecular formula is C84H52N2O3S. The fourth-order valence-corrected chi connectivity index (χ4v) is 14.8. The maximum Gasteiger partial charge on any atom is 0.143 e. The maximum absolute atomic E-state index is 7.07. The van der Waals surface area contributed by atoms with Gasteiger partial charge in [0.25, 0.3) is 0 Å². The Morgan fingerprint density at radius 1 is 0.222 bits per heavy atom. The molecule has 0 bridgehead atoms. The van der Waals surface area contributed by atoms with Crippen molar-refractivity contribution in [1.82, 2.24) is 0 Å². The van der Waals surface area contributed by atoms with Crippen LogP contribution in [0.25, 0.3) is 142 Å². The summed E-state index contributed by atoms with van der Waals surface area (Å²) >= 11 is 1.85. The zero-order valence-electron chi connectivity index (χ0n) is 48.5. The van der Waals surface area contributed by atoms with Crippen LogP contribution in [0.3, 0.4) is 0 Å². The highest BCUT2D eigenvalue weighted by atomic mass is 32.1. The third-order valence-electron chi connectivity index (χ3n) is 17.9. The lowest BCUT2D eigenvalue weighted by molar-refractivity contribution is 0.668. The van der Waals surface area contributed by atoms with Crippen LogP contribution in [0.15, 0.2) is 329 Å². The number of benzene rings is 14. The fraction of sp³-hybridized carbons (Fsp3) is 0. The molecule has 18 rings (SSSR count). The smallest absolute Gasteiger partial charge is 0.143 e. The van der Waals surface area contributed by atoms with Gasteiger partial charge in [0.2, 0.25) is 0 Å². The number of hydrogen-bond donors (Lipinski definition) is 0. The normalized spacial score (nSPS) is 11.8. The SMILES string of the molecule is c1ccc(-c2cc(-c3ccc(-c4ccc5c(c4)oc4c(-c6ccccc6N(c6ccccc6)c6cccc7oc8ccccc8c67)cccc45)cc3)cc(N(c3ccc(-c4ccc5c(c4)sc4ccccc45)cc3)c3cccc4oc5ccccc5c34)c2)cc1. The molecule has 0 amide bonds. The van der Waals surface area contributed by atoms with Crippen LogP contribution < -0.4 is 9.80 Å². The minimum absolute atomic E-state index is 0.831. The molecule has 18 aromatic rings. The lowest BCUT2D eigenvalue weighted by atomic mass is 9.95. The van der Waals surface area contributed by atoms with Gasteiger partial charge in [-0.2, -0.15) is 0 Å². The maximum atomic E-state index is 7.07.